The molecule has 40 heavy (non-hydrogen) atoms. The molecule has 4 rings (SSSR count). The molecule has 0 aliphatic carbocycles. The minimum atomic E-state index is -0.482. The third-order valence-corrected chi connectivity index (χ3v) is 7.38. The summed E-state index contributed by atoms with van der Waals surface area (Å²) in [4.78, 5) is 12.3. The number of hydrogen-bond acceptors (Lipinski definition) is 7. The third-order valence-electron chi connectivity index (χ3n) is 7.16. The molecule has 0 bridgehead atoms. The van der Waals surface area contributed by atoms with Crippen LogP contribution in [0.4, 0.5) is 5.95 Å². The first-order valence-electron chi connectivity index (χ1n) is 13.2. The lowest BCUT2D eigenvalue weighted by molar-refractivity contribution is 0.00177. The van der Waals surface area contributed by atoms with Crippen molar-refractivity contribution in [2.24, 2.45) is 11.7 Å². The molecule has 0 radical (unpaired) electrons. The summed E-state index contributed by atoms with van der Waals surface area (Å²) in [5.41, 5.74) is 10.9. The van der Waals surface area contributed by atoms with Gasteiger partial charge < -0.3 is 41.9 Å². The molecule has 3 aromatic rings. The Labute approximate surface area is 241 Å². The van der Waals surface area contributed by atoms with Gasteiger partial charge in [-0.2, -0.15) is 0 Å². The van der Waals surface area contributed by atoms with E-state index in [0.29, 0.717) is 30.2 Å². The number of hydrogen-bond donors (Lipinski definition) is 2. The molecule has 12 heteroatoms. The molecule has 0 amide bonds. The number of fused-ring (bicyclic) bond motifs is 1. The Hall–Kier alpha value is -2.35. The van der Waals surface area contributed by atoms with Crippen molar-refractivity contribution in [2.75, 3.05) is 45.3 Å². The van der Waals surface area contributed by atoms with Crippen molar-refractivity contribution < 1.29 is 25.9 Å². The van der Waals surface area contributed by atoms with E-state index in [1.54, 1.807) is 7.11 Å². The molecule has 1 aromatic carbocycles. The van der Waals surface area contributed by atoms with Crippen LogP contribution in [-0.4, -0.2) is 87.9 Å². The second-order valence-electron chi connectivity index (χ2n) is 10.4. The number of nitrogens with zero attached hydrogens (tertiary/aromatic N) is 4. The highest BCUT2D eigenvalue weighted by molar-refractivity contribution is 6.31. The van der Waals surface area contributed by atoms with Gasteiger partial charge in [-0.05, 0) is 62.4 Å². The molecular formula is C28H47ClN6O5. The van der Waals surface area contributed by atoms with Gasteiger partial charge >= 0.3 is 0 Å². The monoisotopic (exact) mass is 582 g/mol. The number of nitrogens with one attached hydrogen (secondary N) is 1. The van der Waals surface area contributed by atoms with Crippen molar-refractivity contribution in [3.63, 3.8) is 0 Å². The normalized spacial score (nSPS) is 15.7. The summed E-state index contributed by atoms with van der Waals surface area (Å²) in [5, 5.41) is 4.42. The van der Waals surface area contributed by atoms with E-state index in [2.05, 4.69) is 28.6 Å². The lowest BCUT2D eigenvalue weighted by Gasteiger charge is -2.35. The number of rotatable bonds is 11. The van der Waals surface area contributed by atoms with Crippen LogP contribution in [0.1, 0.15) is 49.9 Å². The third kappa shape index (κ3) is 8.58. The fourth-order valence-corrected chi connectivity index (χ4v) is 5.12. The number of benzene rings is 1. The molecule has 2 atom stereocenters. The van der Waals surface area contributed by atoms with Crippen LogP contribution >= 0.6 is 11.6 Å². The van der Waals surface area contributed by atoms with Crippen LogP contribution in [0.15, 0.2) is 30.3 Å². The standard InChI is InChI=1S/C28H41ClN6O2.3H2O/c1-18(2)23(30)17-34-11-9-22(10-12-34)32-28-33-26-19(3)15-21(29)16-25(26)35(28)27(37-14-13-36-5)24-8-6-7-20(4)31-24;;;/h6-8,15-16,18,22-23,27H,9-14,17,30H2,1-5H3,(H,32,33);3*1H2. The summed E-state index contributed by atoms with van der Waals surface area (Å²) in [7, 11) is 1.67. The number of pyridine rings is 1. The molecule has 226 valence electrons. The van der Waals surface area contributed by atoms with E-state index in [0.717, 1.165) is 66.4 Å². The number of ether oxygens (including phenoxy) is 2. The predicted molar refractivity (Wildman–Crippen MR) is 161 cm³/mol. The zero-order chi connectivity index (χ0) is 26.5. The van der Waals surface area contributed by atoms with Crippen LogP contribution in [-0.2, 0) is 9.47 Å². The minimum Gasteiger partial charge on any atom is -0.412 e. The molecular weight excluding hydrogens is 536 g/mol. The number of anilines is 1. The summed E-state index contributed by atoms with van der Waals surface area (Å²) >= 11 is 6.53. The van der Waals surface area contributed by atoms with Crippen molar-refractivity contribution in [1.82, 2.24) is 19.4 Å². The molecule has 0 saturated carbocycles. The van der Waals surface area contributed by atoms with E-state index in [-0.39, 0.29) is 22.5 Å². The fourth-order valence-electron chi connectivity index (χ4n) is 4.85. The summed E-state index contributed by atoms with van der Waals surface area (Å²) in [6.07, 6.45) is 1.56. The number of aromatic nitrogens is 3. The van der Waals surface area contributed by atoms with Gasteiger partial charge in [-0.25, -0.2) is 4.98 Å². The maximum absolute atomic E-state index is 6.53. The first kappa shape index (κ1) is 35.7. The van der Waals surface area contributed by atoms with Gasteiger partial charge in [-0.1, -0.05) is 31.5 Å². The minimum absolute atomic E-state index is 0. The Kier molecular flexibility index (Phi) is 14.4. The van der Waals surface area contributed by atoms with E-state index < -0.39 is 6.23 Å². The molecule has 1 aliphatic rings. The molecule has 2 unspecified atom stereocenters. The van der Waals surface area contributed by atoms with Crippen molar-refractivity contribution >= 4 is 28.6 Å². The Balaban J connectivity index is 0.00000267. The van der Waals surface area contributed by atoms with Crippen molar-refractivity contribution in [3.8, 4) is 0 Å². The molecule has 11 nitrogen and oxygen atoms in total. The van der Waals surface area contributed by atoms with Gasteiger partial charge in [0.2, 0.25) is 5.95 Å². The molecule has 0 spiro atoms. The van der Waals surface area contributed by atoms with Gasteiger partial charge in [0.25, 0.3) is 0 Å². The van der Waals surface area contributed by atoms with Crippen LogP contribution in [0.25, 0.3) is 11.0 Å². The quantitative estimate of drug-likeness (QED) is 0.324. The Morgan fingerprint density at radius 3 is 2.40 bits per heavy atom. The largest absolute Gasteiger partial charge is 0.412 e. The summed E-state index contributed by atoms with van der Waals surface area (Å²) in [6.45, 7) is 12.3. The summed E-state index contributed by atoms with van der Waals surface area (Å²) in [6, 6.07) is 10.4. The zero-order valence-electron chi connectivity index (χ0n) is 24.2. The molecule has 1 saturated heterocycles. The van der Waals surface area contributed by atoms with Gasteiger partial charge in [-0.3, -0.25) is 9.55 Å². The van der Waals surface area contributed by atoms with Gasteiger partial charge in [0.15, 0.2) is 6.23 Å². The smallest absolute Gasteiger partial charge is 0.206 e. The average molecular weight is 583 g/mol. The number of imidazole rings is 1. The highest BCUT2D eigenvalue weighted by Gasteiger charge is 2.27. The Bertz CT molecular complexity index is 1190. The summed E-state index contributed by atoms with van der Waals surface area (Å²) < 4.78 is 13.8. The fraction of sp³-hybridized carbons (Fsp3) is 0.571. The second kappa shape index (κ2) is 16.2. The lowest BCUT2D eigenvalue weighted by Crippen LogP contribution is -2.46. The maximum atomic E-state index is 6.53. The van der Waals surface area contributed by atoms with E-state index >= 15 is 0 Å². The van der Waals surface area contributed by atoms with Gasteiger partial charge in [-0.15, -0.1) is 0 Å². The number of nitrogens with two attached hydrogens (primary N) is 1. The molecule has 1 fully saturated rings. The number of halogens is 1. The van der Waals surface area contributed by atoms with Crippen molar-refractivity contribution in [1.29, 1.82) is 0 Å². The van der Waals surface area contributed by atoms with Crippen molar-refractivity contribution in [2.45, 2.75) is 58.8 Å². The Morgan fingerprint density at radius 1 is 1.07 bits per heavy atom. The van der Waals surface area contributed by atoms with E-state index in [1.807, 2.05) is 44.2 Å². The number of methoxy groups -OCH3 is 1. The maximum Gasteiger partial charge on any atom is 0.206 e. The van der Waals surface area contributed by atoms with Crippen LogP contribution < -0.4 is 11.1 Å². The van der Waals surface area contributed by atoms with Crippen LogP contribution in [0.2, 0.25) is 5.02 Å². The molecule has 9 N–H and O–H groups in total. The summed E-state index contributed by atoms with van der Waals surface area (Å²) in [5.74, 6) is 1.25. The highest BCUT2D eigenvalue weighted by Crippen LogP contribution is 2.33. The molecule has 2 aromatic heterocycles. The van der Waals surface area contributed by atoms with E-state index in [9.17, 15) is 0 Å². The average Bonchev–Trinajstić information content (AvgIpc) is 3.21. The van der Waals surface area contributed by atoms with Gasteiger partial charge in [0.1, 0.15) is 0 Å². The van der Waals surface area contributed by atoms with Gasteiger partial charge in [0, 0.05) is 49.5 Å². The molecule has 1 aliphatic heterocycles. The van der Waals surface area contributed by atoms with Gasteiger partial charge in [0.05, 0.1) is 29.9 Å². The van der Waals surface area contributed by atoms with E-state index in [4.69, 9.17) is 36.8 Å². The Morgan fingerprint density at radius 2 is 1.77 bits per heavy atom. The highest BCUT2D eigenvalue weighted by atomic mass is 35.5. The second-order valence-corrected chi connectivity index (χ2v) is 10.9. The number of aryl methyl sites for hydroxylation is 2. The predicted octanol–water partition coefficient (Wildman–Crippen LogP) is 2.30. The topological polar surface area (TPSA) is 185 Å². The molecule has 3 heterocycles. The SMILES string of the molecule is COCCOC(c1cccc(C)n1)n1c(NC2CCN(CC(N)C(C)C)CC2)nc2c(C)cc(Cl)cc21.O.O.O. The lowest BCUT2D eigenvalue weighted by atomic mass is 10.0. The van der Waals surface area contributed by atoms with Crippen molar-refractivity contribution in [3.05, 3.63) is 52.3 Å². The van der Waals surface area contributed by atoms with Crippen LogP contribution in [0.5, 0.6) is 0 Å². The van der Waals surface area contributed by atoms with Crippen LogP contribution in [0.3, 0.4) is 0 Å². The number of piperidine rings is 1. The van der Waals surface area contributed by atoms with E-state index in [1.165, 1.54) is 0 Å². The first-order valence-corrected chi connectivity index (χ1v) is 13.6. The number of likely N-dealkylation sites (tertiary alicyclic amines) is 1. The van der Waals surface area contributed by atoms with Crippen LogP contribution in [0, 0.1) is 19.8 Å². The first-order chi connectivity index (χ1) is 17.8. The zero-order valence-corrected chi connectivity index (χ0v) is 25.0.